The molecule has 0 aromatic carbocycles. The molecule has 62 valence electrons. The zero-order valence-corrected chi connectivity index (χ0v) is 5.71. The van der Waals surface area contributed by atoms with Crippen molar-refractivity contribution in [1.29, 1.82) is 0 Å². The molecule has 1 rings (SSSR count). The summed E-state index contributed by atoms with van der Waals surface area (Å²) >= 11 is 0. The summed E-state index contributed by atoms with van der Waals surface area (Å²) in [6.45, 7) is 0. The molecule has 0 spiro atoms. The highest BCUT2D eigenvalue weighted by molar-refractivity contribution is 5.84. The fraction of sp³-hybridized carbons (Fsp3) is 0.667. The van der Waals surface area contributed by atoms with Gasteiger partial charge >= 0.3 is 5.97 Å². The van der Waals surface area contributed by atoms with Crippen LogP contribution in [0.25, 0.3) is 0 Å². The quantitative estimate of drug-likeness (QED) is 0.433. The molecule has 0 amide bonds. The van der Waals surface area contributed by atoms with Crippen LogP contribution in [0.2, 0.25) is 0 Å². The van der Waals surface area contributed by atoms with Gasteiger partial charge in [-0.05, 0) is 0 Å². The van der Waals surface area contributed by atoms with Crippen LogP contribution in [0, 0.1) is 11.8 Å². The summed E-state index contributed by atoms with van der Waals surface area (Å²) in [5, 5.41) is 0. The highest BCUT2D eigenvalue weighted by atomic mass is 19.3. The van der Waals surface area contributed by atoms with Crippen LogP contribution in [0.3, 0.4) is 0 Å². The minimum absolute atomic E-state index is 0.0849. The van der Waals surface area contributed by atoms with Crippen molar-refractivity contribution in [3.63, 3.8) is 0 Å². The lowest BCUT2D eigenvalue weighted by molar-refractivity contribution is -0.144. The number of rotatable bonds is 2. The Morgan fingerprint density at radius 2 is 2.18 bits per heavy atom. The Morgan fingerprint density at radius 3 is 2.45 bits per heavy atom. The number of ether oxygens (including phenoxy) is 1. The van der Waals surface area contributed by atoms with Crippen molar-refractivity contribution in [3.8, 4) is 0 Å². The lowest BCUT2D eigenvalue weighted by Gasteiger charge is -1.93. The van der Waals surface area contributed by atoms with Gasteiger partial charge in [0, 0.05) is 0 Å². The molecule has 0 aromatic rings. The summed E-state index contributed by atoms with van der Waals surface area (Å²) in [7, 11) is 1.01. The molecular formula is C6H6F2O3. The fourth-order valence-corrected chi connectivity index (χ4v) is 0.950. The first kappa shape index (κ1) is 8.10. The molecule has 0 N–H and O–H groups in total. The van der Waals surface area contributed by atoms with Gasteiger partial charge < -0.3 is 9.53 Å². The van der Waals surface area contributed by atoms with Crippen LogP contribution in [0.5, 0.6) is 0 Å². The Kier molecular flexibility index (Phi) is 1.66. The Bertz CT molecular complexity index is 202. The van der Waals surface area contributed by atoms with E-state index in [9.17, 15) is 18.4 Å². The van der Waals surface area contributed by atoms with Crippen LogP contribution in [0.15, 0.2) is 0 Å². The number of hydrogen-bond donors (Lipinski definition) is 0. The maximum absolute atomic E-state index is 12.4. The monoisotopic (exact) mass is 164 g/mol. The van der Waals surface area contributed by atoms with E-state index in [2.05, 4.69) is 4.74 Å². The highest BCUT2D eigenvalue weighted by Crippen LogP contribution is 2.54. The Labute approximate surface area is 61.3 Å². The lowest BCUT2D eigenvalue weighted by atomic mass is 10.3. The standard InChI is InChI=1S/C6H6F2O3/c1-11-5(10)4-3(2-9)6(4,7)8/h2-4H,1H3/t3-,4-/m1/s1. The first-order chi connectivity index (χ1) is 5.05. The molecule has 0 saturated heterocycles. The van der Waals surface area contributed by atoms with E-state index in [0.717, 1.165) is 7.11 Å². The Balaban J connectivity index is 2.66. The van der Waals surface area contributed by atoms with E-state index < -0.39 is 23.7 Å². The van der Waals surface area contributed by atoms with Crippen molar-refractivity contribution in [1.82, 2.24) is 0 Å². The van der Waals surface area contributed by atoms with E-state index in [1.54, 1.807) is 0 Å². The first-order valence-electron chi connectivity index (χ1n) is 2.96. The number of carbonyl (C=O) groups is 2. The molecular weight excluding hydrogens is 158 g/mol. The molecule has 1 aliphatic rings. The summed E-state index contributed by atoms with van der Waals surface area (Å²) in [4.78, 5) is 20.4. The van der Waals surface area contributed by atoms with Crippen molar-refractivity contribution in [2.75, 3.05) is 7.11 Å². The predicted molar refractivity (Wildman–Crippen MR) is 30.0 cm³/mol. The van der Waals surface area contributed by atoms with Gasteiger partial charge in [-0.15, -0.1) is 0 Å². The molecule has 0 heterocycles. The Hall–Kier alpha value is -1.00. The smallest absolute Gasteiger partial charge is 0.315 e. The minimum Gasteiger partial charge on any atom is -0.469 e. The molecule has 3 nitrogen and oxygen atoms in total. The molecule has 0 aromatic heterocycles. The number of methoxy groups -OCH3 is 1. The summed E-state index contributed by atoms with van der Waals surface area (Å²) < 4.78 is 28.8. The van der Waals surface area contributed by atoms with Crippen LogP contribution in [0.1, 0.15) is 0 Å². The number of aldehydes is 1. The maximum atomic E-state index is 12.4. The van der Waals surface area contributed by atoms with Crippen molar-refractivity contribution in [2.45, 2.75) is 5.92 Å². The Morgan fingerprint density at radius 1 is 1.64 bits per heavy atom. The minimum atomic E-state index is -3.19. The topological polar surface area (TPSA) is 43.4 Å². The molecule has 11 heavy (non-hydrogen) atoms. The third-order valence-electron chi connectivity index (χ3n) is 1.71. The van der Waals surface area contributed by atoms with E-state index >= 15 is 0 Å². The lowest BCUT2D eigenvalue weighted by Crippen LogP contribution is -2.08. The molecule has 0 aliphatic heterocycles. The summed E-state index contributed by atoms with van der Waals surface area (Å²) in [5.74, 6) is -7.23. The SMILES string of the molecule is COC(=O)[C@H]1[C@@H](C=O)C1(F)F. The van der Waals surface area contributed by atoms with Gasteiger partial charge in [0.05, 0.1) is 13.0 Å². The van der Waals surface area contributed by atoms with Crippen LogP contribution in [-0.4, -0.2) is 25.3 Å². The van der Waals surface area contributed by atoms with Crippen LogP contribution >= 0.6 is 0 Å². The highest BCUT2D eigenvalue weighted by Gasteiger charge is 2.73. The predicted octanol–water partition coefficient (Wildman–Crippen LogP) is 0.240. The van der Waals surface area contributed by atoms with Gasteiger partial charge in [-0.2, -0.15) is 0 Å². The number of carbonyl (C=O) groups excluding carboxylic acids is 2. The molecule has 0 radical (unpaired) electrons. The van der Waals surface area contributed by atoms with Gasteiger partial charge in [-0.25, -0.2) is 8.78 Å². The molecule has 5 heteroatoms. The van der Waals surface area contributed by atoms with Crippen LogP contribution in [-0.2, 0) is 14.3 Å². The van der Waals surface area contributed by atoms with Gasteiger partial charge in [-0.1, -0.05) is 0 Å². The van der Waals surface area contributed by atoms with Gasteiger partial charge in [0.1, 0.15) is 12.2 Å². The third-order valence-corrected chi connectivity index (χ3v) is 1.71. The van der Waals surface area contributed by atoms with Gasteiger partial charge in [0.15, 0.2) is 0 Å². The van der Waals surface area contributed by atoms with Crippen LogP contribution < -0.4 is 0 Å². The number of alkyl halides is 2. The maximum Gasteiger partial charge on any atom is 0.315 e. The van der Waals surface area contributed by atoms with Crippen LogP contribution in [0.4, 0.5) is 8.78 Å². The second kappa shape index (κ2) is 2.25. The zero-order valence-electron chi connectivity index (χ0n) is 5.71. The van der Waals surface area contributed by atoms with Crippen molar-refractivity contribution >= 4 is 12.3 Å². The van der Waals surface area contributed by atoms with Crippen molar-refractivity contribution in [3.05, 3.63) is 0 Å². The average Bonchev–Trinajstić information content (AvgIpc) is 2.51. The first-order valence-corrected chi connectivity index (χ1v) is 2.96. The summed E-state index contributed by atoms with van der Waals surface area (Å²) in [6, 6.07) is 0. The largest absolute Gasteiger partial charge is 0.469 e. The van der Waals surface area contributed by atoms with E-state index in [0.29, 0.717) is 0 Å². The molecule has 0 unspecified atom stereocenters. The summed E-state index contributed by atoms with van der Waals surface area (Å²) in [6.07, 6.45) is 0.0849. The fourth-order valence-electron chi connectivity index (χ4n) is 0.950. The summed E-state index contributed by atoms with van der Waals surface area (Å²) in [5.41, 5.74) is 0. The number of hydrogen-bond acceptors (Lipinski definition) is 3. The second-order valence-corrected chi connectivity index (χ2v) is 2.34. The molecule has 1 saturated carbocycles. The van der Waals surface area contributed by atoms with Gasteiger partial charge in [0.2, 0.25) is 0 Å². The van der Waals surface area contributed by atoms with E-state index in [1.165, 1.54) is 0 Å². The molecule has 1 aliphatic carbocycles. The van der Waals surface area contributed by atoms with E-state index in [-0.39, 0.29) is 6.29 Å². The number of esters is 1. The molecule has 0 bridgehead atoms. The zero-order chi connectivity index (χ0) is 8.65. The molecule has 2 atom stereocenters. The average molecular weight is 164 g/mol. The molecule has 1 fully saturated rings. The normalized spacial score (nSPS) is 32.6. The second-order valence-electron chi connectivity index (χ2n) is 2.34. The third kappa shape index (κ3) is 1.00. The number of halogens is 2. The van der Waals surface area contributed by atoms with Gasteiger partial charge in [0.25, 0.3) is 5.92 Å². The van der Waals surface area contributed by atoms with Gasteiger partial charge in [-0.3, -0.25) is 4.79 Å². The van der Waals surface area contributed by atoms with E-state index in [4.69, 9.17) is 0 Å². The van der Waals surface area contributed by atoms with Crippen molar-refractivity contribution in [2.24, 2.45) is 11.8 Å². The van der Waals surface area contributed by atoms with E-state index in [1.807, 2.05) is 0 Å². The van der Waals surface area contributed by atoms with Crippen molar-refractivity contribution < 1.29 is 23.1 Å².